The van der Waals surface area contributed by atoms with Gasteiger partial charge in [-0.05, 0) is 49.3 Å². The Morgan fingerprint density at radius 2 is 2.00 bits per heavy atom. The van der Waals surface area contributed by atoms with Crippen molar-refractivity contribution in [2.24, 2.45) is 5.41 Å². The number of rotatable bonds is 3. The fraction of sp³-hybridized carbons (Fsp3) is 0.562. The Kier molecular flexibility index (Phi) is 4.00. The molecule has 0 bridgehead atoms. The monoisotopic (exact) mass is 310 g/mol. The first-order valence-electron chi connectivity index (χ1n) is 7.30. The van der Waals surface area contributed by atoms with Gasteiger partial charge in [0.2, 0.25) is 0 Å². The summed E-state index contributed by atoms with van der Waals surface area (Å²) in [5, 5.41) is 10.1. The maximum Gasteiger partial charge on any atom is 0.337 e. The van der Waals surface area contributed by atoms with Gasteiger partial charge in [0.25, 0.3) is 0 Å². The van der Waals surface area contributed by atoms with E-state index >= 15 is 0 Å². The summed E-state index contributed by atoms with van der Waals surface area (Å²) in [6.45, 7) is 0. The van der Waals surface area contributed by atoms with Crippen LogP contribution < -0.4 is 0 Å². The van der Waals surface area contributed by atoms with Crippen LogP contribution in [0.25, 0.3) is 0 Å². The molecule has 2 aliphatic carbocycles. The van der Waals surface area contributed by atoms with Crippen LogP contribution in [-0.4, -0.2) is 16.3 Å². The quantitative estimate of drug-likeness (QED) is 0.829. The van der Waals surface area contributed by atoms with Crippen molar-refractivity contribution in [1.82, 2.24) is 0 Å². The maximum absolute atomic E-state index is 11.1. The highest BCUT2D eigenvalue weighted by Gasteiger charge is 2.47. The van der Waals surface area contributed by atoms with Crippen molar-refractivity contribution in [3.8, 4) is 0 Å². The molecule has 2 aliphatic rings. The molecule has 2 saturated carbocycles. The molecule has 4 heteroatoms. The molecular formula is C16H19ClO2S. The molecule has 0 heterocycles. The number of thioether (sulfide) groups is 1. The lowest BCUT2D eigenvalue weighted by Crippen LogP contribution is -2.44. The van der Waals surface area contributed by atoms with E-state index in [1.807, 2.05) is 17.8 Å². The molecule has 1 unspecified atom stereocenters. The average molecular weight is 311 g/mol. The summed E-state index contributed by atoms with van der Waals surface area (Å²) in [4.78, 5) is 12.2. The fourth-order valence-corrected chi connectivity index (χ4v) is 5.29. The fourth-order valence-electron chi connectivity index (χ4n) is 3.59. The molecule has 1 N–H and O–H groups in total. The van der Waals surface area contributed by atoms with Crippen LogP contribution in [0.5, 0.6) is 0 Å². The minimum Gasteiger partial charge on any atom is -0.478 e. The SMILES string of the molecule is O=C(O)c1cc(SC2CCC23CCCCC3)ccc1Cl. The Bertz CT molecular complexity index is 523. The van der Waals surface area contributed by atoms with Crippen LogP contribution in [0.1, 0.15) is 55.3 Å². The van der Waals surface area contributed by atoms with Crippen LogP contribution in [0, 0.1) is 5.41 Å². The molecule has 0 aromatic heterocycles. The van der Waals surface area contributed by atoms with Gasteiger partial charge >= 0.3 is 5.97 Å². The van der Waals surface area contributed by atoms with Gasteiger partial charge in [0.05, 0.1) is 10.6 Å². The van der Waals surface area contributed by atoms with E-state index in [1.54, 1.807) is 12.1 Å². The van der Waals surface area contributed by atoms with E-state index in [1.165, 1.54) is 44.9 Å². The largest absolute Gasteiger partial charge is 0.478 e. The second-order valence-corrected chi connectivity index (χ2v) is 7.70. The first-order valence-corrected chi connectivity index (χ1v) is 8.56. The van der Waals surface area contributed by atoms with Gasteiger partial charge in [-0.2, -0.15) is 0 Å². The number of halogens is 1. The smallest absolute Gasteiger partial charge is 0.337 e. The summed E-state index contributed by atoms with van der Waals surface area (Å²) in [6, 6.07) is 5.39. The number of carboxylic acid groups (broad SMARTS) is 1. The Labute approximate surface area is 128 Å². The van der Waals surface area contributed by atoms with Crippen molar-refractivity contribution >= 4 is 29.3 Å². The second kappa shape index (κ2) is 5.61. The lowest BCUT2D eigenvalue weighted by atomic mass is 9.60. The Hall–Kier alpha value is -0.670. The van der Waals surface area contributed by atoms with Crippen LogP contribution in [0.15, 0.2) is 23.1 Å². The molecule has 20 heavy (non-hydrogen) atoms. The van der Waals surface area contributed by atoms with Gasteiger partial charge < -0.3 is 5.11 Å². The van der Waals surface area contributed by atoms with Gasteiger partial charge in [0, 0.05) is 10.1 Å². The summed E-state index contributed by atoms with van der Waals surface area (Å²) in [5.41, 5.74) is 0.750. The van der Waals surface area contributed by atoms with Gasteiger partial charge in [0.15, 0.2) is 0 Å². The maximum atomic E-state index is 11.1. The zero-order valence-electron chi connectivity index (χ0n) is 11.4. The van der Waals surface area contributed by atoms with Gasteiger partial charge in [0.1, 0.15) is 0 Å². The van der Waals surface area contributed by atoms with Crippen LogP contribution in [0.2, 0.25) is 5.02 Å². The number of hydrogen-bond donors (Lipinski definition) is 1. The van der Waals surface area contributed by atoms with Crippen molar-refractivity contribution in [3.63, 3.8) is 0 Å². The number of carbonyl (C=O) groups is 1. The summed E-state index contributed by atoms with van der Waals surface area (Å²) < 4.78 is 0. The van der Waals surface area contributed by atoms with Gasteiger partial charge in [-0.15, -0.1) is 11.8 Å². The lowest BCUT2D eigenvalue weighted by molar-refractivity contribution is 0.0697. The van der Waals surface area contributed by atoms with E-state index in [4.69, 9.17) is 16.7 Å². The highest BCUT2D eigenvalue weighted by molar-refractivity contribution is 8.00. The van der Waals surface area contributed by atoms with Crippen LogP contribution in [-0.2, 0) is 0 Å². The van der Waals surface area contributed by atoms with Crippen molar-refractivity contribution in [2.45, 2.75) is 55.1 Å². The van der Waals surface area contributed by atoms with Gasteiger partial charge in [-0.1, -0.05) is 30.9 Å². The van der Waals surface area contributed by atoms with Crippen molar-refractivity contribution in [1.29, 1.82) is 0 Å². The number of carboxylic acids is 1. The molecule has 1 aromatic carbocycles. The van der Waals surface area contributed by atoms with E-state index in [2.05, 4.69) is 0 Å². The summed E-state index contributed by atoms with van der Waals surface area (Å²) in [6.07, 6.45) is 9.41. The molecule has 2 fully saturated rings. The Morgan fingerprint density at radius 1 is 1.25 bits per heavy atom. The highest BCUT2D eigenvalue weighted by atomic mass is 35.5. The van der Waals surface area contributed by atoms with Gasteiger partial charge in [-0.25, -0.2) is 4.79 Å². The first-order chi connectivity index (χ1) is 9.61. The number of benzene rings is 1. The third-order valence-corrected chi connectivity index (χ3v) is 6.76. The van der Waals surface area contributed by atoms with Crippen molar-refractivity contribution < 1.29 is 9.90 Å². The zero-order valence-corrected chi connectivity index (χ0v) is 13.0. The third-order valence-electron chi connectivity index (χ3n) is 4.88. The molecule has 0 aliphatic heterocycles. The van der Waals surface area contributed by atoms with Gasteiger partial charge in [-0.3, -0.25) is 0 Å². The van der Waals surface area contributed by atoms with E-state index in [0.717, 1.165) is 4.90 Å². The minimum absolute atomic E-state index is 0.216. The topological polar surface area (TPSA) is 37.3 Å². The minimum atomic E-state index is -0.946. The third kappa shape index (κ3) is 2.58. The summed E-state index contributed by atoms with van der Waals surface area (Å²) >= 11 is 7.78. The predicted octanol–water partition coefficient (Wildman–Crippen LogP) is 5.24. The Balaban J connectivity index is 1.75. The lowest BCUT2D eigenvalue weighted by Gasteiger charge is -2.52. The summed E-state index contributed by atoms with van der Waals surface area (Å²) in [7, 11) is 0. The van der Waals surface area contributed by atoms with E-state index in [9.17, 15) is 4.79 Å². The van der Waals surface area contributed by atoms with E-state index in [0.29, 0.717) is 15.7 Å². The van der Waals surface area contributed by atoms with Crippen molar-refractivity contribution in [2.75, 3.05) is 0 Å². The van der Waals surface area contributed by atoms with Crippen LogP contribution in [0.3, 0.4) is 0 Å². The zero-order chi connectivity index (χ0) is 14.2. The molecule has 3 rings (SSSR count). The van der Waals surface area contributed by atoms with E-state index < -0.39 is 5.97 Å². The normalized spacial score (nSPS) is 24.4. The Morgan fingerprint density at radius 3 is 2.60 bits per heavy atom. The van der Waals surface area contributed by atoms with E-state index in [-0.39, 0.29) is 5.56 Å². The summed E-state index contributed by atoms with van der Waals surface area (Å²) in [5.74, 6) is -0.946. The first kappa shape index (κ1) is 14.3. The predicted molar refractivity (Wildman–Crippen MR) is 82.8 cm³/mol. The number of aromatic carboxylic acids is 1. The molecule has 0 radical (unpaired) electrons. The highest BCUT2D eigenvalue weighted by Crippen LogP contribution is 2.57. The molecule has 1 atom stereocenters. The van der Waals surface area contributed by atoms with Crippen LogP contribution >= 0.6 is 23.4 Å². The molecule has 0 saturated heterocycles. The van der Waals surface area contributed by atoms with Crippen LogP contribution in [0.4, 0.5) is 0 Å². The molecular weight excluding hydrogens is 292 g/mol. The number of hydrogen-bond acceptors (Lipinski definition) is 2. The molecule has 1 spiro atoms. The van der Waals surface area contributed by atoms with Crippen molar-refractivity contribution in [3.05, 3.63) is 28.8 Å². The molecule has 108 valence electrons. The average Bonchev–Trinajstić information content (AvgIpc) is 2.45. The molecule has 1 aromatic rings. The molecule has 2 nitrogen and oxygen atoms in total. The standard InChI is InChI=1S/C16H19ClO2S/c17-13-5-4-11(10-12(13)15(18)19)20-14-6-9-16(14)7-2-1-3-8-16/h4-5,10,14H,1-3,6-9H2,(H,18,19). The molecule has 0 amide bonds. The second-order valence-electron chi connectivity index (χ2n) is 6.02.